The van der Waals surface area contributed by atoms with E-state index in [-0.39, 0.29) is 18.5 Å². The van der Waals surface area contributed by atoms with Crippen molar-refractivity contribution in [1.29, 1.82) is 0 Å². The molecule has 0 bridgehead atoms. The highest BCUT2D eigenvalue weighted by Crippen LogP contribution is 2.20. The van der Waals surface area contributed by atoms with Crippen molar-refractivity contribution in [2.45, 2.75) is 482 Å². The molecule has 1 amide bonds. The number of ether oxygens (including phenoxy) is 1. The Labute approximate surface area is 558 Å². The molecule has 0 fully saturated rings. The van der Waals surface area contributed by atoms with Gasteiger partial charge < -0.3 is 20.3 Å². The molecule has 0 saturated heterocycles. The maximum atomic E-state index is 12.6. The van der Waals surface area contributed by atoms with Gasteiger partial charge in [-0.3, -0.25) is 9.59 Å². The Hall–Kier alpha value is -1.66. The van der Waals surface area contributed by atoms with Crippen molar-refractivity contribution in [3.63, 3.8) is 0 Å². The van der Waals surface area contributed by atoms with Gasteiger partial charge in [0, 0.05) is 12.8 Å². The molecule has 0 heterocycles. The van der Waals surface area contributed by atoms with E-state index in [1.807, 2.05) is 6.08 Å². The molecule has 0 spiro atoms. The van der Waals surface area contributed by atoms with Crippen molar-refractivity contribution in [3.05, 3.63) is 24.3 Å². The molecule has 0 radical (unpaired) electrons. The number of allylic oxidation sites excluding steroid dienone is 3. The number of nitrogens with one attached hydrogen (secondary N) is 1. The van der Waals surface area contributed by atoms with Gasteiger partial charge in [-0.25, -0.2) is 0 Å². The van der Waals surface area contributed by atoms with Gasteiger partial charge in [-0.15, -0.1) is 0 Å². The van der Waals surface area contributed by atoms with Crippen LogP contribution < -0.4 is 5.32 Å². The van der Waals surface area contributed by atoms with E-state index in [2.05, 4.69) is 31.3 Å². The van der Waals surface area contributed by atoms with E-state index < -0.39 is 12.1 Å². The van der Waals surface area contributed by atoms with Crippen molar-refractivity contribution < 1.29 is 24.5 Å². The number of rotatable bonds is 78. The highest BCUT2D eigenvalue weighted by atomic mass is 16.5. The van der Waals surface area contributed by atoms with Gasteiger partial charge in [0.1, 0.15) is 0 Å². The Morgan fingerprint density at radius 2 is 0.528 bits per heavy atom. The van der Waals surface area contributed by atoms with Crippen LogP contribution >= 0.6 is 0 Å². The summed E-state index contributed by atoms with van der Waals surface area (Å²) in [6.45, 7) is 4.95. The second-order valence-corrected chi connectivity index (χ2v) is 28.5. The Morgan fingerprint density at radius 3 is 0.798 bits per heavy atom. The number of aliphatic hydroxyl groups is 2. The third-order valence-corrected chi connectivity index (χ3v) is 19.5. The molecule has 0 rings (SSSR count). The molecule has 2 unspecified atom stereocenters. The lowest BCUT2D eigenvalue weighted by Crippen LogP contribution is -2.45. The molecule has 89 heavy (non-hydrogen) atoms. The van der Waals surface area contributed by atoms with Crippen LogP contribution in [0.25, 0.3) is 0 Å². The Kier molecular flexibility index (Phi) is 77.3. The smallest absolute Gasteiger partial charge is 0.305 e. The minimum absolute atomic E-state index is 0.0141. The summed E-state index contributed by atoms with van der Waals surface area (Å²) in [4.78, 5) is 24.6. The zero-order valence-corrected chi connectivity index (χ0v) is 60.7. The minimum atomic E-state index is -0.843. The number of hydrogen-bond acceptors (Lipinski definition) is 5. The predicted octanol–water partition coefficient (Wildman–Crippen LogP) is 27.2. The first-order chi connectivity index (χ1) is 44.0. The number of aliphatic hydroxyl groups excluding tert-OH is 2. The van der Waals surface area contributed by atoms with E-state index in [1.165, 1.54) is 398 Å². The predicted molar refractivity (Wildman–Crippen MR) is 393 cm³/mol. The van der Waals surface area contributed by atoms with Gasteiger partial charge in [0.05, 0.1) is 25.4 Å². The summed E-state index contributed by atoms with van der Waals surface area (Å²) >= 11 is 0. The third-order valence-electron chi connectivity index (χ3n) is 19.5. The van der Waals surface area contributed by atoms with Crippen molar-refractivity contribution in [2.24, 2.45) is 0 Å². The molecule has 2 atom stereocenters. The molecular formula is C83H161NO5. The van der Waals surface area contributed by atoms with Crippen LogP contribution in [0.1, 0.15) is 470 Å². The largest absolute Gasteiger partial charge is 0.466 e. The summed E-state index contributed by atoms with van der Waals surface area (Å²) in [6, 6.07) is -0.626. The zero-order chi connectivity index (χ0) is 64.2. The Morgan fingerprint density at radius 1 is 0.303 bits per heavy atom. The van der Waals surface area contributed by atoms with Gasteiger partial charge in [-0.05, 0) is 57.8 Å². The quantitative estimate of drug-likeness (QED) is 0.0320. The van der Waals surface area contributed by atoms with E-state index in [0.717, 1.165) is 44.9 Å². The van der Waals surface area contributed by atoms with Crippen LogP contribution in [0.15, 0.2) is 24.3 Å². The second kappa shape index (κ2) is 78.8. The summed E-state index contributed by atoms with van der Waals surface area (Å²) in [7, 11) is 0. The monoisotopic (exact) mass is 1250 g/mol. The maximum Gasteiger partial charge on any atom is 0.305 e. The number of unbranched alkanes of at least 4 members (excludes halogenated alkanes) is 65. The van der Waals surface area contributed by atoms with Crippen molar-refractivity contribution in [1.82, 2.24) is 5.32 Å². The Bertz CT molecular complexity index is 1400. The van der Waals surface area contributed by atoms with Crippen LogP contribution in [0.4, 0.5) is 0 Å². The fourth-order valence-electron chi connectivity index (χ4n) is 13.2. The summed E-state index contributed by atoms with van der Waals surface area (Å²) < 4.78 is 5.50. The Balaban J connectivity index is 3.35. The van der Waals surface area contributed by atoms with Crippen LogP contribution in [0.2, 0.25) is 0 Å². The number of esters is 1. The average Bonchev–Trinajstić information content (AvgIpc) is 3.57. The molecule has 528 valence electrons. The second-order valence-electron chi connectivity index (χ2n) is 28.5. The number of carbonyl (C=O) groups excluding carboxylic acids is 2. The first-order valence-corrected chi connectivity index (χ1v) is 41.1. The summed E-state index contributed by atoms with van der Waals surface area (Å²) in [5, 5.41) is 23.3. The molecule has 0 aromatic carbocycles. The lowest BCUT2D eigenvalue weighted by molar-refractivity contribution is -0.143. The number of amides is 1. The van der Waals surface area contributed by atoms with Crippen molar-refractivity contribution in [2.75, 3.05) is 13.2 Å². The zero-order valence-electron chi connectivity index (χ0n) is 60.7. The first kappa shape index (κ1) is 87.3. The van der Waals surface area contributed by atoms with Gasteiger partial charge in [-0.2, -0.15) is 0 Å². The SMILES string of the molecule is CCCCCCCC/C=C\CCCCCCCC(=O)OCCCCCCCCCCCCCCCCCCCCCCCCCCCCCCCCCCC(=O)NC(CO)C(O)/C=C/CCCCCCCCCCCCCCCCCCCCCCCCC. The summed E-state index contributed by atoms with van der Waals surface area (Å²) in [5.74, 6) is -0.0437. The van der Waals surface area contributed by atoms with Crippen LogP contribution in [0.5, 0.6) is 0 Å². The molecule has 0 saturated carbocycles. The topological polar surface area (TPSA) is 95.9 Å². The molecule has 6 nitrogen and oxygen atoms in total. The summed E-state index contributed by atoms with van der Waals surface area (Å²) in [6.07, 6.45) is 102. The average molecular weight is 1250 g/mol. The highest BCUT2D eigenvalue weighted by molar-refractivity contribution is 5.76. The first-order valence-electron chi connectivity index (χ1n) is 41.1. The van der Waals surface area contributed by atoms with E-state index in [1.54, 1.807) is 6.08 Å². The molecule has 3 N–H and O–H groups in total. The molecule has 0 aliphatic rings. The molecule has 6 heteroatoms. The van der Waals surface area contributed by atoms with E-state index in [0.29, 0.717) is 19.4 Å². The molecule has 0 aliphatic carbocycles. The van der Waals surface area contributed by atoms with Gasteiger partial charge in [0.15, 0.2) is 0 Å². The maximum absolute atomic E-state index is 12.6. The molecule has 0 aromatic heterocycles. The highest BCUT2D eigenvalue weighted by Gasteiger charge is 2.18. The molecular weight excluding hydrogens is 1090 g/mol. The molecule has 0 aromatic rings. The lowest BCUT2D eigenvalue weighted by atomic mass is 10.0. The van der Waals surface area contributed by atoms with Gasteiger partial charge >= 0.3 is 5.97 Å². The van der Waals surface area contributed by atoms with Gasteiger partial charge in [0.2, 0.25) is 5.91 Å². The lowest BCUT2D eigenvalue weighted by Gasteiger charge is -2.20. The third kappa shape index (κ3) is 75.3. The van der Waals surface area contributed by atoms with Crippen LogP contribution in [-0.2, 0) is 14.3 Å². The van der Waals surface area contributed by atoms with E-state index in [4.69, 9.17) is 4.74 Å². The normalized spacial score (nSPS) is 12.5. The van der Waals surface area contributed by atoms with Gasteiger partial charge in [0.25, 0.3) is 0 Å². The molecule has 0 aliphatic heterocycles. The standard InChI is InChI=1S/C83H161NO5/c1-3-5-7-9-11-13-15-17-19-20-21-22-23-32-35-38-41-44-48-51-55-59-63-67-71-75-81(86)80(79-85)84-82(87)76-72-68-64-60-56-52-49-45-42-39-36-33-30-28-26-24-25-27-29-31-34-37-40-43-46-50-54-58-62-66-70-74-78-89-83(88)77-73-69-65-61-57-53-47-18-16-14-12-10-8-6-4-2/h18,47,71,75,80-81,85-86H,3-17,19-46,48-70,72-74,76-79H2,1-2H3,(H,84,87)/b47-18-,75-71+. The summed E-state index contributed by atoms with van der Waals surface area (Å²) in [5.41, 5.74) is 0. The number of hydrogen-bond donors (Lipinski definition) is 3. The van der Waals surface area contributed by atoms with Crippen LogP contribution in [-0.4, -0.2) is 47.4 Å². The van der Waals surface area contributed by atoms with Crippen LogP contribution in [0.3, 0.4) is 0 Å². The van der Waals surface area contributed by atoms with Crippen LogP contribution in [0, 0.1) is 0 Å². The van der Waals surface area contributed by atoms with Crippen molar-refractivity contribution >= 4 is 11.9 Å². The van der Waals surface area contributed by atoms with E-state index in [9.17, 15) is 19.8 Å². The van der Waals surface area contributed by atoms with Crippen molar-refractivity contribution in [3.8, 4) is 0 Å². The van der Waals surface area contributed by atoms with Gasteiger partial charge in [-0.1, -0.05) is 423 Å². The van der Waals surface area contributed by atoms with E-state index >= 15 is 0 Å². The fraction of sp³-hybridized carbons (Fsp3) is 0.928. The minimum Gasteiger partial charge on any atom is -0.466 e. The number of carbonyl (C=O) groups is 2. The fourth-order valence-corrected chi connectivity index (χ4v) is 13.2.